The van der Waals surface area contributed by atoms with Gasteiger partial charge in [0.15, 0.2) is 0 Å². The number of likely N-dealkylation sites (N-methyl/N-ethyl adjacent to an activating group) is 1. The second-order valence-electron chi connectivity index (χ2n) is 4.24. The number of aliphatic hydroxyl groups is 1. The maximum Gasteiger partial charge on any atom is 0.119 e. The molecular formula is C13H20BrNO2. The van der Waals surface area contributed by atoms with Crippen LogP contribution in [0.1, 0.15) is 13.3 Å². The first-order valence-corrected chi connectivity index (χ1v) is 6.62. The Morgan fingerprint density at radius 2 is 1.94 bits per heavy atom. The topological polar surface area (TPSA) is 32.7 Å². The van der Waals surface area contributed by atoms with Crippen molar-refractivity contribution in [2.24, 2.45) is 0 Å². The van der Waals surface area contributed by atoms with Gasteiger partial charge in [-0.05, 0) is 44.7 Å². The van der Waals surface area contributed by atoms with Gasteiger partial charge in [-0.25, -0.2) is 0 Å². The number of ether oxygens (including phenoxy) is 1. The smallest absolute Gasteiger partial charge is 0.119 e. The molecule has 1 aromatic carbocycles. The van der Waals surface area contributed by atoms with Crippen molar-refractivity contribution in [3.8, 4) is 5.75 Å². The maximum absolute atomic E-state index is 9.17. The molecule has 0 heterocycles. The van der Waals surface area contributed by atoms with Crippen LogP contribution in [0, 0.1) is 0 Å². The van der Waals surface area contributed by atoms with Gasteiger partial charge in [0.25, 0.3) is 0 Å². The van der Waals surface area contributed by atoms with Crippen molar-refractivity contribution in [3.05, 3.63) is 28.7 Å². The highest BCUT2D eigenvalue weighted by Crippen LogP contribution is 2.15. The van der Waals surface area contributed by atoms with E-state index in [0.29, 0.717) is 6.61 Å². The number of benzene rings is 1. The lowest BCUT2D eigenvalue weighted by Gasteiger charge is -2.17. The van der Waals surface area contributed by atoms with Crippen molar-refractivity contribution in [2.45, 2.75) is 19.4 Å². The third-order valence-corrected chi connectivity index (χ3v) is 3.01. The normalized spacial score (nSPS) is 12.8. The van der Waals surface area contributed by atoms with Crippen LogP contribution in [0.4, 0.5) is 0 Å². The Kier molecular flexibility index (Phi) is 6.55. The molecule has 0 saturated heterocycles. The molecule has 17 heavy (non-hydrogen) atoms. The number of aliphatic hydroxyl groups excluding tert-OH is 1. The number of hydrogen-bond donors (Lipinski definition) is 1. The first kappa shape index (κ1) is 14.5. The zero-order valence-corrected chi connectivity index (χ0v) is 12.0. The highest BCUT2D eigenvalue weighted by atomic mass is 79.9. The molecule has 1 atom stereocenters. The Morgan fingerprint density at radius 1 is 1.29 bits per heavy atom. The molecule has 1 unspecified atom stereocenters. The fraction of sp³-hybridized carbons (Fsp3) is 0.538. The van der Waals surface area contributed by atoms with Crippen LogP contribution in [0.5, 0.6) is 5.75 Å². The highest BCUT2D eigenvalue weighted by Gasteiger charge is 2.01. The maximum atomic E-state index is 9.17. The predicted molar refractivity (Wildman–Crippen MR) is 73.4 cm³/mol. The third-order valence-electron chi connectivity index (χ3n) is 2.48. The zero-order valence-electron chi connectivity index (χ0n) is 10.4. The van der Waals surface area contributed by atoms with Crippen LogP contribution in [-0.2, 0) is 0 Å². The summed E-state index contributed by atoms with van der Waals surface area (Å²) in [6.07, 6.45) is 0.569. The Hall–Kier alpha value is -0.580. The molecule has 0 aliphatic carbocycles. The first-order chi connectivity index (χ1) is 8.08. The van der Waals surface area contributed by atoms with Crippen LogP contribution in [0.15, 0.2) is 28.7 Å². The second-order valence-corrected chi connectivity index (χ2v) is 5.16. The van der Waals surface area contributed by atoms with E-state index in [1.165, 1.54) is 0 Å². The Morgan fingerprint density at radius 3 is 2.53 bits per heavy atom. The van der Waals surface area contributed by atoms with E-state index >= 15 is 0 Å². The number of nitrogens with zero attached hydrogens (tertiary/aromatic N) is 1. The summed E-state index contributed by atoms with van der Waals surface area (Å²) in [7, 11) is 2.04. The second kappa shape index (κ2) is 7.69. The Balaban J connectivity index is 2.16. The molecule has 4 heteroatoms. The van der Waals surface area contributed by atoms with Gasteiger partial charge in [0.05, 0.1) is 6.10 Å². The van der Waals surface area contributed by atoms with Crippen LogP contribution in [0.2, 0.25) is 0 Å². The van der Waals surface area contributed by atoms with E-state index in [-0.39, 0.29) is 6.10 Å². The van der Waals surface area contributed by atoms with E-state index in [1.54, 1.807) is 0 Å². The van der Waals surface area contributed by atoms with Crippen LogP contribution in [-0.4, -0.2) is 42.9 Å². The molecule has 1 rings (SSSR count). The van der Waals surface area contributed by atoms with Gasteiger partial charge in [-0.1, -0.05) is 15.9 Å². The summed E-state index contributed by atoms with van der Waals surface area (Å²) in [4.78, 5) is 2.16. The van der Waals surface area contributed by atoms with Crippen LogP contribution in [0.3, 0.4) is 0 Å². The van der Waals surface area contributed by atoms with Gasteiger partial charge < -0.3 is 14.7 Å². The van der Waals surface area contributed by atoms with Crippen LogP contribution in [0.25, 0.3) is 0 Å². The molecule has 0 aliphatic heterocycles. The summed E-state index contributed by atoms with van der Waals surface area (Å²) in [5.74, 6) is 0.886. The van der Waals surface area contributed by atoms with E-state index in [1.807, 2.05) is 38.2 Å². The summed E-state index contributed by atoms with van der Waals surface area (Å²) >= 11 is 3.38. The third kappa shape index (κ3) is 6.66. The molecule has 3 nitrogen and oxygen atoms in total. The van der Waals surface area contributed by atoms with Gasteiger partial charge in [0, 0.05) is 17.6 Å². The van der Waals surface area contributed by atoms with Crippen molar-refractivity contribution >= 4 is 15.9 Å². The van der Waals surface area contributed by atoms with Crippen molar-refractivity contribution < 1.29 is 9.84 Å². The average Bonchev–Trinajstić information content (AvgIpc) is 2.29. The number of halogens is 1. The average molecular weight is 302 g/mol. The quantitative estimate of drug-likeness (QED) is 0.840. The van der Waals surface area contributed by atoms with Gasteiger partial charge in [-0.2, -0.15) is 0 Å². The lowest BCUT2D eigenvalue weighted by atomic mass is 10.3. The van der Waals surface area contributed by atoms with E-state index in [9.17, 15) is 0 Å². The fourth-order valence-electron chi connectivity index (χ4n) is 1.37. The van der Waals surface area contributed by atoms with Crippen LogP contribution >= 0.6 is 15.9 Å². The van der Waals surface area contributed by atoms with E-state index < -0.39 is 0 Å². The zero-order chi connectivity index (χ0) is 12.7. The van der Waals surface area contributed by atoms with Gasteiger partial charge in [-0.15, -0.1) is 0 Å². The SMILES string of the molecule is CC(O)CCN(C)CCOc1ccc(Br)cc1. The highest BCUT2D eigenvalue weighted by molar-refractivity contribution is 9.10. The van der Waals surface area contributed by atoms with Crippen molar-refractivity contribution in [3.63, 3.8) is 0 Å². The molecule has 0 bridgehead atoms. The van der Waals surface area contributed by atoms with Crippen molar-refractivity contribution in [1.82, 2.24) is 4.90 Å². The summed E-state index contributed by atoms with van der Waals surface area (Å²) in [6, 6.07) is 7.82. The summed E-state index contributed by atoms with van der Waals surface area (Å²) in [5, 5.41) is 9.17. The molecule has 1 N–H and O–H groups in total. The molecule has 0 aliphatic rings. The molecule has 0 amide bonds. The minimum Gasteiger partial charge on any atom is -0.492 e. The minimum atomic E-state index is -0.232. The lowest BCUT2D eigenvalue weighted by Crippen LogP contribution is -2.27. The van der Waals surface area contributed by atoms with Gasteiger partial charge in [0.1, 0.15) is 12.4 Å². The molecule has 0 radical (unpaired) electrons. The van der Waals surface area contributed by atoms with Gasteiger partial charge >= 0.3 is 0 Å². The molecule has 0 aromatic heterocycles. The molecule has 0 saturated carbocycles. The molecule has 0 spiro atoms. The van der Waals surface area contributed by atoms with Gasteiger partial charge in [-0.3, -0.25) is 0 Å². The Bertz CT molecular complexity index is 314. The minimum absolute atomic E-state index is 0.232. The summed E-state index contributed by atoms with van der Waals surface area (Å²) < 4.78 is 6.67. The molecule has 96 valence electrons. The van der Waals surface area contributed by atoms with E-state index in [2.05, 4.69) is 20.8 Å². The molecule has 1 aromatic rings. The van der Waals surface area contributed by atoms with E-state index in [0.717, 1.165) is 29.7 Å². The van der Waals surface area contributed by atoms with Crippen molar-refractivity contribution in [2.75, 3.05) is 26.7 Å². The van der Waals surface area contributed by atoms with E-state index in [4.69, 9.17) is 9.84 Å². The fourth-order valence-corrected chi connectivity index (χ4v) is 1.63. The molecule has 0 fully saturated rings. The molecular weight excluding hydrogens is 282 g/mol. The monoisotopic (exact) mass is 301 g/mol. The van der Waals surface area contributed by atoms with Crippen LogP contribution < -0.4 is 4.74 Å². The standard InChI is InChI=1S/C13H20BrNO2/c1-11(16)7-8-15(2)9-10-17-13-5-3-12(14)4-6-13/h3-6,11,16H,7-10H2,1-2H3. The van der Waals surface area contributed by atoms with Gasteiger partial charge in [0.2, 0.25) is 0 Å². The largest absolute Gasteiger partial charge is 0.492 e. The number of hydrogen-bond acceptors (Lipinski definition) is 3. The lowest BCUT2D eigenvalue weighted by molar-refractivity contribution is 0.157. The predicted octanol–water partition coefficient (Wildman–Crippen LogP) is 2.53. The summed E-state index contributed by atoms with van der Waals surface area (Å²) in [6.45, 7) is 4.23. The number of rotatable bonds is 7. The summed E-state index contributed by atoms with van der Waals surface area (Å²) in [5.41, 5.74) is 0. The first-order valence-electron chi connectivity index (χ1n) is 5.83. The van der Waals surface area contributed by atoms with Crippen molar-refractivity contribution in [1.29, 1.82) is 0 Å². The Labute approximate surface area is 112 Å².